The van der Waals surface area contributed by atoms with E-state index in [1.54, 1.807) is 27.8 Å². The van der Waals surface area contributed by atoms with Crippen molar-refractivity contribution in [3.05, 3.63) is 94.6 Å². The molecular weight excluding hydrogens is 512 g/mol. The molecule has 1 aliphatic heterocycles. The zero-order chi connectivity index (χ0) is 26.3. The lowest BCUT2D eigenvalue weighted by Gasteiger charge is -2.35. The molecule has 0 amide bonds. The Bertz CT molecular complexity index is 1720. The average Bonchev–Trinajstić information content (AvgIpc) is 3.24. The molecule has 3 aromatic carbocycles. The summed E-state index contributed by atoms with van der Waals surface area (Å²) >= 11 is 1.71. The molecule has 1 fully saturated rings. The predicted molar refractivity (Wildman–Crippen MR) is 156 cm³/mol. The van der Waals surface area contributed by atoms with Crippen molar-refractivity contribution in [2.75, 3.05) is 31.1 Å². The van der Waals surface area contributed by atoms with Crippen molar-refractivity contribution in [2.24, 2.45) is 0 Å². The van der Waals surface area contributed by atoms with Gasteiger partial charge in [0.2, 0.25) is 10.0 Å². The van der Waals surface area contributed by atoms with Gasteiger partial charge in [0.1, 0.15) is 16.5 Å². The number of nitrogens with zero attached hydrogens (tertiary/aromatic N) is 4. The topological polar surface area (TPSA) is 66.4 Å². The Morgan fingerprint density at radius 2 is 1.53 bits per heavy atom. The Kier molecular flexibility index (Phi) is 6.63. The lowest BCUT2D eigenvalue weighted by Crippen LogP contribution is -2.49. The lowest BCUT2D eigenvalue weighted by molar-refractivity contribution is 0.384. The monoisotopic (exact) mass is 542 g/mol. The van der Waals surface area contributed by atoms with Gasteiger partial charge in [-0.3, -0.25) is 0 Å². The van der Waals surface area contributed by atoms with Crippen LogP contribution in [-0.4, -0.2) is 48.9 Å². The lowest BCUT2D eigenvalue weighted by atomic mass is 10.1. The molecule has 0 spiro atoms. The van der Waals surface area contributed by atoms with E-state index >= 15 is 0 Å². The number of aryl methyl sites for hydroxylation is 4. The van der Waals surface area contributed by atoms with E-state index in [0.29, 0.717) is 31.1 Å². The first kappa shape index (κ1) is 25.0. The maximum atomic E-state index is 13.5. The fourth-order valence-electron chi connectivity index (χ4n) is 5.13. The average molecular weight is 543 g/mol. The van der Waals surface area contributed by atoms with Crippen LogP contribution in [0.1, 0.15) is 21.8 Å². The van der Waals surface area contributed by atoms with Gasteiger partial charge in [-0.05, 0) is 54.3 Å². The summed E-state index contributed by atoms with van der Waals surface area (Å²) in [5.74, 6) is 1.77. The number of sulfonamides is 1. The van der Waals surface area contributed by atoms with Crippen LogP contribution in [-0.2, 0) is 22.9 Å². The second-order valence-electron chi connectivity index (χ2n) is 9.81. The summed E-state index contributed by atoms with van der Waals surface area (Å²) < 4.78 is 28.6. The summed E-state index contributed by atoms with van der Waals surface area (Å²) in [5.41, 5.74) is 2.48. The molecule has 3 heterocycles. The van der Waals surface area contributed by atoms with E-state index in [1.165, 1.54) is 16.0 Å². The second-order valence-corrected chi connectivity index (χ2v) is 13.0. The van der Waals surface area contributed by atoms with Gasteiger partial charge in [-0.1, -0.05) is 60.7 Å². The molecular formula is C30H30N4O2S2. The zero-order valence-electron chi connectivity index (χ0n) is 21.6. The molecule has 38 heavy (non-hydrogen) atoms. The maximum Gasteiger partial charge on any atom is 0.243 e. The number of hydrogen-bond acceptors (Lipinski definition) is 6. The van der Waals surface area contributed by atoms with Crippen LogP contribution >= 0.6 is 11.3 Å². The van der Waals surface area contributed by atoms with Crippen molar-refractivity contribution in [3.8, 4) is 0 Å². The normalized spacial score (nSPS) is 14.9. The highest BCUT2D eigenvalue weighted by molar-refractivity contribution is 7.89. The summed E-state index contributed by atoms with van der Waals surface area (Å²) in [5, 5.41) is 3.07. The third-order valence-corrected chi connectivity index (χ3v) is 10.4. The highest BCUT2D eigenvalue weighted by Gasteiger charge is 2.30. The van der Waals surface area contributed by atoms with Gasteiger partial charge in [0.15, 0.2) is 0 Å². The van der Waals surface area contributed by atoms with E-state index in [1.807, 2.05) is 36.4 Å². The smallest absolute Gasteiger partial charge is 0.243 e. The van der Waals surface area contributed by atoms with E-state index < -0.39 is 10.0 Å². The van der Waals surface area contributed by atoms with Crippen LogP contribution in [0.3, 0.4) is 0 Å². The SMILES string of the molecule is Cc1sc2nc(CCc3ccccc3)nc(N3CCN(S(=O)(=O)c4ccc5ccccc5c4)CC3)c2c1C. The number of rotatable bonds is 6. The van der Waals surface area contributed by atoms with Crippen LogP contribution in [0.2, 0.25) is 0 Å². The third-order valence-electron chi connectivity index (χ3n) is 7.43. The van der Waals surface area contributed by atoms with Crippen LogP contribution in [0, 0.1) is 13.8 Å². The molecule has 0 radical (unpaired) electrons. The van der Waals surface area contributed by atoms with Crippen molar-refractivity contribution in [1.29, 1.82) is 0 Å². The van der Waals surface area contributed by atoms with Gasteiger partial charge >= 0.3 is 0 Å². The van der Waals surface area contributed by atoms with Gasteiger partial charge in [0, 0.05) is 37.5 Å². The van der Waals surface area contributed by atoms with Crippen LogP contribution < -0.4 is 4.90 Å². The first-order valence-electron chi connectivity index (χ1n) is 12.9. The van der Waals surface area contributed by atoms with Gasteiger partial charge < -0.3 is 4.90 Å². The summed E-state index contributed by atoms with van der Waals surface area (Å²) in [7, 11) is -3.58. The van der Waals surface area contributed by atoms with E-state index in [4.69, 9.17) is 9.97 Å². The first-order chi connectivity index (χ1) is 18.4. The van der Waals surface area contributed by atoms with Gasteiger partial charge in [0.25, 0.3) is 0 Å². The second kappa shape index (κ2) is 10.1. The summed E-state index contributed by atoms with van der Waals surface area (Å²) in [6.07, 6.45) is 1.65. The van der Waals surface area contributed by atoms with E-state index in [2.05, 4.69) is 43.0 Å². The van der Waals surface area contributed by atoms with Crippen molar-refractivity contribution < 1.29 is 8.42 Å². The molecule has 6 rings (SSSR count). The molecule has 1 saturated heterocycles. The quantitative estimate of drug-likeness (QED) is 0.273. The summed E-state index contributed by atoms with van der Waals surface area (Å²) in [6, 6.07) is 23.6. The Morgan fingerprint density at radius 3 is 2.29 bits per heavy atom. The highest BCUT2D eigenvalue weighted by atomic mass is 32.2. The standard InChI is InChI=1S/C30H30N4O2S2/c1-21-22(2)37-30-28(21)29(31-27(32-30)15-12-23-8-4-3-5-9-23)33-16-18-34(19-17-33)38(35,36)26-14-13-24-10-6-7-11-25(24)20-26/h3-11,13-14,20H,12,15-19H2,1-2H3. The number of fused-ring (bicyclic) bond motifs is 2. The van der Waals surface area contributed by atoms with Gasteiger partial charge in [-0.2, -0.15) is 4.31 Å². The maximum absolute atomic E-state index is 13.5. The fourth-order valence-corrected chi connectivity index (χ4v) is 7.63. The summed E-state index contributed by atoms with van der Waals surface area (Å²) in [4.78, 5) is 14.8. The number of aromatic nitrogens is 2. The van der Waals surface area contributed by atoms with Gasteiger partial charge in [0.05, 0.1) is 10.3 Å². The first-order valence-corrected chi connectivity index (χ1v) is 15.2. The Labute approximate surface area is 227 Å². The Morgan fingerprint density at radius 1 is 0.816 bits per heavy atom. The molecule has 6 nitrogen and oxygen atoms in total. The molecule has 5 aromatic rings. The minimum atomic E-state index is -3.58. The molecule has 2 aromatic heterocycles. The van der Waals surface area contributed by atoms with Crippen molar-refractivity contribution in [2.45, 2.75) is 31.6 Å². The Balaban J connectivity index is 1.25. The number of hydrogen-bond donors (Lipinski definition) is 0. The molecule has 0 unspecified atom stereocenters. The molecule has 1 aliphatic rings. The number of benzene rings is 3. The number of thiophene rings is 1. The minimum Gasteiger partial charge on any atom is -0.353 e. The van der Waals surface area contributed by atoms with Gasteiger partial charge in [-0.25, -0.2) is 18.4 Å². The molecule has 194 valence electrons. The predicted octanol–water partition coefficient (Wildman–Crippen LogP) is 5.76. The fraction of sp³-hybridized carbons (Fsp3) is 0.267. The highest BCUT2D eigenvalue weighted by Crippen LogP contribution is 2.36. The molecule has 8 heteroatoms. The number of piperazine rings is 1. The van der Waals surface area contributed by atoms with Crippen molar-refractivity contribution >= 4 is 48.2 Å². The van der Waals surface area contributed by atoms with Crippen molar-refractivity contribution in [3.63, 3.8) is 0 Å². The van der Waals surface area contributed by atoms with Crippen LogP contribution in [0.5, 0.6) is 0 Å². The summed E-state index contributed by atoms with van der Waals surface area (Å²) in [6.45, 7) is 6.27. The van der Waals surface area contributed by atoms with E-state index in [9.17, 15) is 8.42 Å². The van der Waals surface area contributed by atoms with E-state index in [-0.39, 0.29) is 0 Å². The van der Waals surface area contributed by atoms with Crippen LogP contribution in [0.25, 0.3) is 21.0 Å². The molecule has 0 aliphatic carbocycles. The number of anilines is 1. The molecule has 0 atom stereocenters. The zero-order valence-corrected chi connectivity index (χ0v) is 23.2. The van der Waals surface area contributed by atoms with Gasteiger partial charge in [-0.15, -0.1) is 11.3 Å². The Hall–Kier alpha value is -3.33. The molecule has 0 bridgehead atoms. The van der Waals surface area contributed by atoms with E-state index in [0.717, 1.165) is 45.5 Å². The van der Waals surface area contributed by atoms with Crippen molar-refractivity contribution in [1.82, 2.24) is 14.3 Å². The minimum absolute atomic E-state index is 0.349. The third kappa shape index (κ3) is 4.68. The molecule has 0 N–H and O–H groups in total. The van der Waals surface area contributed by atoms with Crippen LogP contribution in [0.4, 0.5) is 5.82 Å². The largest absolute Gasteiger partial charge is 0.353 e. The van der Waals surface area contributed by atoms with Crippen LogP contribution in [0.15, 0.2) is 77.7 Å². The molecule has 0 saturated carbocycles.